The highest BCUT2D eigenvalue weighted by molar-refractivity contribution is 9.10. The van der Waals surface area contributed by atoms with Crippen molar-refractivity contribution in [3.63, 3.8) is 0 Å². The van der Waals surface area contributed by atoms with Crippen LogP contribution >= 0.6 is 27.3 Å². The van der Waals surface area contributed by atoms with Crippen molar-refractivity contribution >= 4 is 27.3 Å². The van der Waals surface area contributed by atoms with Crippen LogP contribution < -0.4 is 10.1 Å². The minimum atomic E-state index is 0.233. The van der Waals surface area contributed by atoms with Gasteiger partial charge in [-0.25, -0.2) is 0 Å². The predicted molar refractivity (Wildman–Crippen MR) is 85.1 cm³/mol. The molecule has 0 saturated carbocycles. The van der Waals surface area contributed by atoms with E-state index in [4.69, 9.17) is 4.74 Å². The smallest absolute Gasteiger partial charge is 0.133 e. The van der Waals surface area contributed by atoms with E-state index in [-0.39, 0.29) is 6.04 Å². The fourth-order valence-electron chi connectivity index (χ4n) is 1.95. The van der Waals surface area contributed by atoms with Gasteiger partial charge < -0.3 is 10.1 Å². The molecule has 1 aromatic heterocycles. The van der Waals surface area contributed by atoms with Crippen molar-refractivity contribution in [3.05, 3.63) is 50.6 Å². The van der Waals surface area contributed by atoms with Gasteiger partial charge in [0.05, 0.1) is 17.1 Å². The van der Waals surface area contributed by atoms with Crippen molar-refractivity contribution in [2.45, 2.75) is 19.4 Å². The lowest BCUT2D eigenvalue weighted by molar-refractivity contribution is 0.315. The number of halogens is 1. The lowest BCUT2D eigenvalue weighted by atomic mass is 10.1. The Morgan fingerprint density at radius 3 is 2.79 bits per heavy atom. The Hall–Kier alpha value is -0.840. The highest BCUT2D eigenvalue weighted by Gasteiger charge is 2.14. The molecule has 0 saturated heterocycles. The Labute approximate surface area is 126 Å². The predicted octanol–water partition coefficient (Wildman–Crippen LogP) is 4.61. The first-order chi connectivity index (χ1) is 9.26. The van der Waals surface area contributed by atoms with Crippen molar-refractivity contribution < 1.29 is 4.74 Å². The molecule has 2 nitrogen and oxygen atoms in total. The van der Waals surface area contributed by atoms with E-state index in [0.29, 0.717) is 0 Å². The second kappa shape index (κ2) is 7.08. The number of nitrogens with one attached hydrogen (secondary N) is 1. The van der Waals surface area contributed by atoms with Crippen LogP contribution in [-0.4, -0.2) is 13.7 Å². The first kappa shape index (κ1) is 14.6. The average molecular weight is 340 g/mol. The third-order valence-electron chi connectivity index (χ3n) is 2.87. The van der Waals surface area contributed by atoms with Crippen molar-refractivity contribution in [2.24, 2.45) is 0 Å². The minimum Gasteiger partial charge on any atom is -0.492 e. The summed E-state index contributed by atoms with van der Waals surface area (Å²) in [6, 6.07) is 10.8. The van der Waals surface area contributed by atoms with Crippen LogP contribution in [-0.2, 0) is 0 Å². The summed E-state index contributed by atoms with van der Waals surface area (Å²) in [4.78, 5) is 1.32. The molecule has 0 spiro atoms. The van der Waals surface area contributed by atoms with Gasteiger partial charge >= 0.3 is 0 Å². The van der Waals surface area contributed by atoms with E-state index in [1.54, 1.807) is 11.3 Å². The molecule has 19 heavy (non-hydrogen) atoms. The molecule has 1 atom stereocenters. The number of ether oxygens (including phenoxy) is 1. The van der Waals surface area contributed by atoms with E-state index >= 15 is 0 Å². The fraction of sp³-hybridized carbons (Fsp3) is 0.333. The number of rotatable bonds is 6. The topological polar surface area (TPSA) is 21.3 Å². The summed E-state index contributed by atoms with van der Waals surface area (Å²) in [6.45, 7) is 2.86. The molecule has 1 unspecified atom stereocenters. The maximum absolute atomic E-state index is 5.68. The molecule has 2 rings (SSSR count). The zero-order valence-corrected chi connectivity index (χ0v) is 13.6. The number of benzene rings is 1. The molecule has 4 heteroatoms. The number of thiophene rings is 1. The second-order valence-electron chi connectivity index (χ2n) is 4.28. The molecule has 1 aromatic carbocycles. The van der Waals surface area contributed by atoms with Gasteiger partial charge in [-0.3, -0.25) is 0 Å². The summed E-state index contributed by atoms with van der Waals surface area (Å²) >= 11 is 5.35. The third kappa shape index (κ3) is 3.59. The SMILES string of the molecule is CCCOc1ccc(C(NC)c2cccs2)cc1Br. The van der Waals surface area contributed by atoms with E-state index in [0.717, 1.165) is 23.2 Å². The number of hydrogen-bond donors (Lipinski definition) is 1. The quantitative estimate of drug-likeness (QED) is 0.829. The van der Waals surface area contributed by atoms with Crippen LogP contribution in [0.2, 0.25) is 0 Å². The Morgan fingerprint density at radius 2 is 2.21 bits per heavy atom. The highest BCUT2D eigenvalue weighted by Crippen LogP contribution is 2.32. The van der Waals surface area contributed by atoms with Crippen molar-refractivity contribution in [1.82, 2.24) is 5.32 Å². The standard InChI is InChI=1S/C15H18BrNOS/c1-3-8-18-13-7-6-11(10-12(13)16)15(17-2)14-5-4-9-19-14/h4-7,9-10,15,17H,3,8H2,1-2H3. The third-order valence-corrected chi connectivity index (χ3v) is 4.42. The summed E-state index contributed by atoms with van der Waals surface area (Å²) in [7, 11) is 1.99. The highest BCUT2D eigenvalue weighted by atomic mass is 79.9. The van der Waals surface area contributed by atoms with Crippen LogP contribution in [0.4, 0.5) is 0 Å². The van der Waals surface area contributed by atoms with Crippen LogP contribution in [0, 0.1) is 0 Å². The van der Waals surface area contributed by atoms with Gasteiger partial charge in [0.25, 0.3) is 0 Å². The van der Waals surface area contributed by atoms with Gasteiger partial charge in [-0.2, -0.15) is 0 Å². The van der Waals surface area contributed by atoms with Crippen LogP contribution in [0.3, 0.4) is 0 Å². The zero-order chi connectivity index (χ0) is 13.7. The Kier molecular flexibility index (Phi) is 5.43. The van der Waals surface area contributed by atoms with Gasteiger partial charge in [0.15, 0.2) is 0 Å². The maximum atomic E-state index is 5.68. The van der Waals surface area contributed by atoms with Crippen LogP contribution in [0.15, 0.2) is 40.2 Å². The Balaban J connectivity index is 2.23. The molecule has 0 aliphatic heterocycles. The van der Waals surface area contributed by atoms with Gasteiger partial charge in [-0.15, -0.1) is 11.3 Å². The van der Waals surface area contributed by atoms with Gasteiger partial charge in [0, 0.05) is 4.88 Å². The Bertz CT molecular complexity index is 513. The van der Waals surface area contributed by atoms with Gasteiger partial charge in [0.2, 0.25) is 0 Å². The lowest BCUT2D eigenvalue weighted by Gasteiger charge is -2.16. The van der Waals surface area contributed by atoms with Crippen LogP contribution in [0.5, 0.6) is 5.75 Å². The fourth-order valence-corrected chi connectivity index (χ4v) is 3.33. The normalized spacial score (nSPS) is 12.4. The van der Waals surface area contributed by atoms with E-state index in [2.05, 4.69) is 57.8 Å². The zero-order valence-electron chi connectivity index (χ0n) is 11.2. The molecule has 0 aliphatic rings. The van der Waals surface area contributed by atoms with E-state index < -0.39 is 0 Å². The molecule has 1 heterocycles. The maximum Gasteiger partial charge on any atom is 0.133 e. The average Bonchev–Trinajstić information content (AvgIpc) is 2.92. The molecule has 0 radical (unpaired) electrons. The van der Waals surface area contributed by atoms with Crippen molar-refractivity contribution in [2.75, 3.05) is 13.7 Å². The molecule has 0 bridgehead atoms. The largest absolute Gasteiger partial charge is 0.492 e. The van der Waals surface area contributed by atoms with Crippen LogP contribution in [0.1, 0.15) is 29.8 Å². The van der Waals surface area contributed by atoms with Crippen molar-refractivity contribution in [3.8, 4) is 5.75 Å². The summed E-state index contributed by atoms with van der Waals surface area (Å²) in [5.74, 6) is 0.909. The molecular formula is C15H18BrNOS. The van der Waals surface area contributed by atoms with E-state index in [1.807, 2.05) is 13.1 Å². The lowest BCUT2D eigenvalue weighted by Crippen LogP contribution is -2.16. The number of hydrogen-bond acceptors (Lipinski definition) is 3. The second-order valence-corrected chi connectivity index (χ2v) is 6.11. The molecule has 0 aliphatic carbocycles. The van der Waals surface area contributed by atoms with E-state index in [1.165, 1.54) is 10.4 Å². The Morgan fingerprint density at radius 1 is 1.37 bits per heavy atom. The van der Waals surface area contributed by atoms with Gasteiger partial charge in [-0.1, -0.05) is 19.1 Å². The molecule has 102 valence electrons. The summed E-state index contributed by atoms with van der Waals surface area (Å²) in [5, 5.41) is 5.46. The first-order valence-corrected chi connectivity index (χ1v) is 8.06. The minimum absolute atomic E-state index is 0.233. The van der Waals surface area contributed by atoms with Gasteiger partial charge in [0.1, 0.15) is 5.75 Å². The molecule has 1 N–H and O–H groups in total. The van der Waals surface area contributed by atoms with Crippen LogP contribution in [0.25, 0.3) is 0 Å². The summed E-state index contributed by atoms with van der Waals surface area (Å²) < 4.78 is 6.69. The van der Waals surface area contributed by atoms with Crippen molar-refractivity contribution in [1.29, 1.82) is 0 Å². The molecule has 0 amide bonds. The molecule has 0 fully saturated rings. The molecule has 2 aromatic rings. The molecular weight excluding hydrogens is 322 g/mol. The van der Waals surface area contributed by atoms with E-state index in [9.17, 15) is 0 Å². The first-order valence-electron chi connectivity index (χ1n) is 6.39. The van der Waals surface area contributed by atoms with Gasteiger partial charge in [-0.05, 0) is 58.5 Å². The summed E-state index contributed by atoms with van der Waals surface area (Å²) in [5.41, 5.74) is 1.24. The monoisotopic (exact) mass is 339 g/mol. The summed E-state index contributed by atoms with van der Waals surface area (Å²) in [6.07, 6.45) is 1.02.